The molecule has 3 aromatic rings. The zero-order valence-electron chi connectivity index (χ0n) is 25.0. The van der Waals surface area contributed by atoms with E-state index in [1.807, 2.05) is 20.8 Å². The minimum absolute atomic E-state index is 0.142. The van der Waals surface area contributed by atoms with E-state index in [2.05, 4.69) is 18.7 Å². The third kappa shape index (κ3) is 7.61. The van der Waals surface area contributed by atoms with E-state index in [-0.39, 0.29) is 34.3 Å². The summed E-state index contributed by atoms with van der Waals surface area (Å²) in [6, 6.07) is 18.3. The predicted molar refractivity (Wildman–Crippen MR) is 167 cm³/mol. The molecule has 0 radical (unpaired) electrons. The van der Waals surface area contributed by atoms with Crippen LogP contribution in [0.3, 0.4) is 0 Å². The van der Waals surface area contributed by atoms with Crippen LogP contribution in [0.4, 0.5) is 11.4 Å². The lowest BCUT2D eigenvalue weighted by molar-refractivity contribution is 0.302. The van der Waals surface area contributed by atoms with E-state index >= 15 is 0 Å². The molecule has 0 fully saturated rings. The Morgan fingerprint density at radius 1 is 0.634 bits per heavy atom. The fraction of sp³-hybridized carbons (Fsp3) is 0.419. The average Bonchev–Trinajstić information content (AvgIpc) is 2.96. The summed E-state index contributed by atoms with van der Waals surface area (Å²) in [5.74, 6) is 0.431. The lowest BCUT2D eigenvalue weighted by atomic mass is 10.2. The molecule has 3 rings (SSSR count). The molecule has 0 N–H and O–H groups in total. The van der Waals surface area contributed by atoms with Crippen LogP contribution in [0.15, 0.2) is 76.5 Å². The molecule has 0 unspecified atom stereocenters. The van der Waals surface area contributed by atoms with Crippen molar-refractivity contribution in [2.75, 3.05) is 48.4 Å². The van der Waals surface area contributed by atoms with Crippen LogP contribution < -0.4 is 13.3 Å². The van der Waals surface area contributed by atoms with Crippen molar-refractivity contribution in [3.63, 3.8) is 0 Å². The molecule has 0 amide bonds. The minimum Gasteiger partial charge on any atom is -0.497 e. The number of hydrogen-bond donors (Lipinski definition) is 0. The summed E-state index contributed by atoms with van der Waals surface area (Å²) in [5.41, 5.74) is 2.43. The van der Waals surface area contributed by atoms with Gasteiger partial charge in [-0.15, -0.1) is 0 Å². The lowest BCUT2D eigenvalue weighted by Gasteiger charge is -2.32. The zero-order chi connectivity index (χ0) is 30.2. The molecule has 0 saturated heterocycles. The monoisotopic (exact) mass is 601 g/mol. The molecule has 0 aliphatic rings. The maximum Gasteiger partial charge on any atom is 0.264 e. The standard InChI is InChI=1S/C31H43N3O5S2/c1-7-21-33(40(35,36)28-16-11-25(4)12-17-28)30-20-15-27(39-6)24-31(30)34(23-10-22-32(8-2)9-3)41(37,38)29-18-13-26(5)14-19-29/h11-20,24H,7-10,21-23H2,1-6H3. The first kappa shape index (κ1) is 32.4. The molecule has 10 heteroatoms. The fourth-order valence-electron chi connectivity index (χ4n) is 4.64. The van der Waals surface area contributed by atoms with Gasteiger partial charge in [0.05, 0.1) is 28.3 Å². The van der Waals surface area contributed by atoms with Gasteiger partial charge in [-0.1, -0.05) is 56.2 Å². The van der Waals surface area contributed by atoms with Crippen LogP contribution in [0.2, 0.25) is 0 Å². The quantitative estimate of drug-likeness (QED) is 0.217. The van der Waals surface area contributed by atoms with Crippen LogP contribution in [-0.2, 0) is 20.0 Å². The molecule has 0 spiro atoms. The summed E-state index contributed by atoms with van der Waals surface area (Å²) < 4.78 is 64.7. The highest BCUT2D eigenvalue weighted by Crippen LogP contribution is 2.39. The molecule has 0 aliphatic heterocycles. The largest absolute Gasteiger partial charge is 0.497 e. The van der Waals surface area contributed by atoms with Gasteiger partial charge in [0.1, 0.15) is 5.75 Å². The van der Waals surface area contributed by atoms with Gasteiger partial charge in [-0.25, -0.2) is 16.8 Å². The van der Waals surface area contributed by atoms with Crippen LogP contribution in [0.5, 0.6) is 5.75 Å². The Kier molecular flexibility index (Phi) is 11.2. The van der Waals surface area contributed by atoms with Crippen molar-refractivity contribution in [1.29, 1.82) is 0 Å². The molecular weight excluding hydrogens is 558 g/mol. The highest BCUT2D eigenvalue weighted by atomic mass is 32.2. The Hall–Kier alpha value is -3.08. The third-order valence-corrected chi connectivity index (χ3v) is 10.7. The van der Waals surface area contributed by atoms with E-state index in [9.17, 15) is 16.8 Å². The van der Waals surface area contributed by atoms with Crippen LogP contribution in [-0.4, -0.2) is 61.6 Å². The highest BCUT2D eigenvalue weighted by molar-refractivity contribution is 7.93. The van der Waals surface area contributed by atoms with Crippen LogP contribution in [0, 0.1) is 13.8 Å². The summed E-state index contributed by atoms with van der Waals surface area (Å²) >= 11 is 0. The SMILES string of the molecule is CCCN(c1ccc(OC)cc1N(CCCN(CC)CC)S(=O)(=O)c1ccc(C)cc1)S(=O)(=O)c1ccc(C)cc1. The summed E-state index contributed by atoms with van der Waals surface area (Å²) in [7, 11) is -6.55. The second-order valence-electron chi connectivity index (χ2n) is 10.0. The molecule has 0 heterocycles. The van der Waals surface area contributed by atoms with Gasteiger partial charge >= 0.3 is 0 Å². The number of methoxy groups -OCH3 is 1. The van der Waals surface area contributed by atoms with Crippen LogP contribution in [0.1, 0.15) is 44.7 Å². The molecule has 3 aromatic carbocycles. The van der Waals surface area contributed by atoms with Crippen molar-refractivity contribution in [2.45, 2.75) is 57.3 Å². The Labute approximate surface area is 246 Å². The molecule has 224 valence electrons. The minimum atomic E-state index is -4.06. The molecule has 0 atom stereocenters. The average molecular weight is 602 g/mol. The van der Waals surface area contributed by atoms with Crippen LogP contribution in [0.25, 0.3) is 0 Å². The van der Waals surface area contributed by atoms with E-state index in [1.54, 1.807) is 66.7 Å². The molecule has 0 bridgehead atoms. The molecule has 0 aliphatic carbocycles. The summed E-state index contributed by atoms with van der Waals surface area (Å²) in [6.07, 6.45) is 1.09. The van der Waals surface area contributed by atoms with Gasteiger partial charge in [0.15, 0.2) is 0 Å². The maximum absolute atomic E-state index is 14.3. The second-order valence-corrected chi connectivity index (χ2v) is 13.7. The van der Waals surface area contributed by atoms with E-state index < -0.39 is 20.0 Å². The first-order valence-electron chi connectivity index (χ1n) is 14.1. The molecule has 0 saturated carbocycles. The number of rotatable bonds is 15. The number of anilines is 2. The number of benzene rings is 3. The fourth-order valence-corrected chi connectivity index (χ4v) is 7.72. The van der Waals surface area contributed by atoms with Crippen molar-refractivity contribution in [1.82, 2.24) is 4.90 Å². The van der Waals surface area contributed by atoms with Gasteiger partial charge in [-0.05, 0) is 82.7 Å². The Morgan fingerprint density at radius 3 is 1.56 bits per heavy atom. The Bertz CT molecular complexity index is 1490. The van der Waals surface area contributed by atoms with E-state index in [1.165, 1.54) is 15.7 Å². The Balaban J connectivity index is 2.23. The van der Waals surface area contributed by atoms with Crippen molar-refractivity contribution in [3.05, 3.63) is 77.9 Å². The summed E-state index contributed by atoms with van der Waals surface area (Å²) in [4.78, 5) is 2.52. The van der Waals surface area contributed by atoms with Gasteiger partial charge in [0.25, 0.3) is 20.0 Å². The number of aryl methyl sites for hydroxylation is 2. The predicted octanol–water partition coefficient (Wildman–Crippen LogP) is 5.84. The first-order chi connectivity index (χ1) is 19.5. The van der Waals surface area contributed by atoms with Gasteiger partial charge in [0, 0.05) is 19.2 Å². The molecular formula is C31H43N3O5S2. The summed E-state index contributed by atoms with van der Waals surface area (Å²) in [5, 5.41) is 0. The molecule has 8 nitrogen and oxygen atoms in total. The molecule has 0 aromatic heterocycles. The summed E-state index contributed by atoms with van der Waals surface area (Å²) in [6.45, 7) is 12.6. The number of nitrogens with zero attached hydrogens (tertiary/aromatic N) is 3. The lowest BCUT2D eigenvalue weighted by Crippen LogP contribution is -2.38. The van der Waals surface area contributed by atoms with E-state index in [0.717, 1.165) is 24.2 Å². The van der Waals surface area contributed by atoms with Gasteiger partial charge in [0.2, 0.25) is 0 Å². The van der Waals surface area contributed by atoms with E-state index in [0.29, 0.717) is 25.1 Å². The second kappa shape index (κ2) is 14.2. The number of hydrogen-bond acceptors (Lipinski definition) is 6. The smallest absolute Gasteiger partial charge is 0.264 e. The van der Waals surface area contributed by atoms with Crippen molar-refractivity contribution in [3.8, 4) is 5.75 Å². The van der Waals surface area contributed by atoms with Gasteiger partial charge in [-0.2, -0.15) is 0 Å². The Morgan fingerprint density at radius 2 is 1.12 bits per heavy atom. The normalized spacial score (nSPS) is 12.0. The van der Waals surface area contributed by atoms with Crippen LogP contribution >= 0.6 is 0 Å². The van der Waals surface area contributed by atoms with E-state index in [4.69, 9.17) is 4.74 Å². The molecule has 41 heavy (non-hydrogen) atoms. The van der Waals surface area contributed by atoms with Crippen molar-refractivity contribution < 1.29 is 21.6 Å². The van der Waals surface area contributed by atoms with Crippen molar-refractivity contribution in [2.24, 2.45) is 0 Å². The maximum atomic E-state index is 14.3. The number of sulfonamides is 2. The van der Waals surface area contributed by atoms with Gasteiger partial charge < -0.3 is 9.64 Å². The first-order valence-corrected chi connectivity index (χ1v) is 17.0. The highest BCUT2D eigenvalue weighted by Gasteiger charge is 2.32. The third-order valence-electron chi connectivity index (χ3n) is 7.09. The van der Waals surface area contributed by atoms with Crippen molar-refractivity contribution >= 4 is 31.4 Å². The topological polar surface area (TPSA) is 87.2 Å². The van der Waals surface area contributed by atoms with Gasteiger partial charge in [-0.3, -0.25) is 8.61 Å². The zero-order valence-corrected chi connectivity index (χ0v) is 26.6. The number of ether oxygens (including phenoxy) is 1.